The van der Waals surface area contributed by atoms with Gasteiger partial charge in [0.05, 0.1) is 27.2 Å². The van der Waals surface area contributed by atoms with Crippen LogP contribution in [-0.4, -0.2) is 30.6 Å². The van der Waals surface area contributed by atoms with Crippen LogP contribution in [0.1, 0.15) is 0 Å². The van der Waals surface area contributed by atoms with Gasteiger partial charge in [-0.15, -0.1) is 21.5 Å². The second-order valence-corrected chi connectivity index (χ2v) is 5.87. The molecule has 7 heteroatoms. The van der Waals surface area contributed by atoms with Crippen molar-refractivity contribution < 1.29 is 4.21 Å². The van der Waals surface area contributed by atoms with Crippen molar-refractivity contribution in [3.8, 4) is 10.7 Å². The summed E-state index contributed by atoms with van der Waals surface area (Å²) in [6, 6.07) is 7.87. The van der Waals surface area contributed by atoms with Gasteiger partial charge in [-0.25, -0.2) is 9.97 Å². The zero-order valence-electron chi connectivity index (χ0n) is 9.40. The molecule has 5 nitrogen and oxygen atoms in total. The number of nitrogens with zero attached hydrogens (tertiary/aromatic N) is 4. The molecule has 1 atom stereocenters. The molecule has 0 saturated heterocycles. The molecule has 1 unspecified atom stereocenters. The minimum absolute atomic E-state index is 0.236. The van der Waals surface area contributed by atoms with Gasteiger partial charge in [-0.3, -0.25) is 4.21 Å². The molecular weight excluding hydrogens is 268 g/mol. The summed E-state index contributed by atoms with van der Waals surface area (Å²) in [6.45, 7) is 0. The Bertz CT molecular complexity index is 690. The highest BCUT2D eigenvalue weighted by molar-refractivity contribution is 7.84. The summed E-state index contributed by atoms with van der Waals surface area (Å²) in [7, 11) is -1.21. The van der Waals surface area contributed by atoms with E-state index in [4.69, 9.17) is 0 Å². The van der Waals surface area contributed by atoms with Gasteiger partial charge in [0.15, 0.2) is 0 Å². The maximum Gasteiger partial charge on any atom is 0.239 e. The Balaban J connectivity index is 2.06. The van der Waals surface area contributed by atoms with Gasteiger partial charge in [-0.05, 0) is 12.1 Å². The molecule has 0 aliphatic heterocycles. The minimum Gasteiger partial charge on any atom is -0.251 e. The molecule has 90 valence electrons. The van der Waals surface area contributed by atoms with Crippen molar-refractivity contribution >= 4 is 32.4 Å². The Labute approximate surface area is 109 Å². The maximum absolute atomic E-state index is 11.2. The highest BCUT2D eigenvalue weighted by Gasteiger charge is 2.09. The molecule has 0 aliphatic carbocycles. The second kappa shape index (κ2) is 4.51. The summed E-state index contributed by atoms with van der Waals surface area (Å²) in [5.74, 6) is 0. The molecular formula is C11H8N4OS2. The van der Waals surface area contributed by atoms with Gasteiger partial charge in [0.1, 0.15) is 10.7 Å². The number of hydrogen-bond donors (Lipinski definition) is 0. The Morgan fingerprint density at radius 3 is 2.72 bits per heavy atom. The lowest BCUT2D eigenvalue weighted by Gasteiger charge is -1.94. The minimum atomic E-state index is -1.21. The molecule has 18 heavy (non-hydrogen) atoms. The van der Waals surface area contributed by atoms with Crippen molar-refractivity contribution in [2.24, 2.45) is 0 Å². The van der Waals surface area contributed by atoms with E-state index in [-0.39, 0.29) is 5.16 Å². The molecule has 3 aromatic rings. The molecule has 0 fully saturated rings. The first-order valence-electron chi connectivity index (χ1n) is 5.13. The average Bonchev–Trinajstić information content (AvgIpc) is 2.82. The summed E-state index contributed by atoms with van der Waals surface area (Å²) in [4.78, 5) is 8.48. The van der Waals surface area contributed by atoms with Gasteiger partial charge in [-0.2, -0.15) is 0 Å². The quantitative estimate of drug-likeness (QED) is 0.715. The Morgan fingerprint density at radius 2 is 2.06 bits per heavy atom. The third kappa shape index (κ3) is 2.02. The van der Waals surface area contributed by atoms with Crippen molar-refractivity contribution in [3.63, 3.8) is 0 Å². The molecule has 0 saturated carbocycles. The van der Waals surface area contributed by atoms with Crippen molar-refractivity contribution in [2.45, 2.75) is 5.16 Å². The van der Waals surface area contributed by atoms with E-state index in [9.17, 15) is 4.21 Å². The number of rotatable bonds is 2. The van der Waals surface area contributed by atoms with E-state index >= 15 is 0 Å². The standard InChI is InChI=1S/C11H8N4OS2/c1-18(16)11-12-6-8(14-15-11)10-13-7-4-2-3-5-9(7)17-10/h2-6H,1H3. The molecule has 0 N–H and O–H groups in total. The number of aromatic nitrogens is 4. The van der Waals surface area contributed by atoms with Gasteiger partial charge in [0, 0.05) is 6.26 Å². The van der Waals surface area contributed by atoms with Gasteiger partial charge in [-0.1, -0.05) is 12.1 Å². The van der Waals surface area contributed by atoms with Crippen LogP contribution < -0.4 is 0 Å². The van der Waals surface area contributed by atoms with E-state index in [0.717, 1.165) is 15.2 Å². The number of benzene rings is 1. The van der Waals surface area contributed by atoms with Crippen LogP contribution in [0.4, 0.5) is 0 Å². The fourth-order valence-corrected chi connectivity index (χ4v) is 2.75. The number of hydrogen-bond acceptors (Lipinski definition) is 6. The number of thiazole rings is 1. The van der Waals surface area contributed by atoms with Crippen LogP contribution in [0.3, 0.4) is 0 Å². The molecule has 2 aromatic heterocycles. The molecule has 0 amide bonds. The summed E-state index contributed by atoms with van der Waals surface area (Å²) < 4.78 is 12.3. The van der Waals surface area contributed by atoms with Gasteiger partial charge >= 0.3 is 0 Å². The first kappa shape index (κ1) is 11.4. The van der Waals surface area contributed by atoms with E-state index < -0.39 is 10.8 Å². The lowest BCUT2D eigenvalue weighted by atomic mass is 10.3. The summed E-state index contributed by atoms with van der Waals surface area (Å²) in [5, 5.41) is 8.84. The van der Waals surface area contributed by atoms with E-state index in [1.54, 1.807) is 6.20 Å². The van der Waals surface area contributed by atoms with Crippen LogP contribution in [0.5, 0.6) is 0 Å². The first-order chi connectivity index (χ1) is 8.74. The fourth-order valence-electron chi connectivity index (χ4n) is 1.48. The average molecular weight is 276 g/mol. The lowest BCUT2D eigenvalue weighted by molar-refractivity contribution is 0.675. The van der Waals surface area contributed by atoms with Crippen molar-refractivity contribution in [3.05, 3.63) is 30.5 Å². The van der Waals surface area contributed by atoms with E-state index in [0.29, 0.717) is 5.69 Å². The monoisotopic (exact) mass is 276 g/mol. The highest BCUT2D eigenvalue weighted by Crippen LogP contribution is 2.27. The van der Waals surface area contributed by atoms with Crippen LogP contribution in [0, 0.1) is 0 Å². The molecule has 0 bridgehead atoms. The van der Waals surface area contributed by atoms with E-state index in [2.05, 4.69) is 20.2 Å². The third-order valence-electron chi connectivity index (χ3n) is 2.31. The molecule has 2 heterocycles. The van der Waals surface area contributed by atoms with E-state index in [1.165, 1.54) is 17.6 Å². The van der Waals surface area contributed by atoms with Crippen LogP contribution >= 0.6 is 11.3 Å². The smallest absolute Gasteiger partial charge is 0.239 e. The summed E-state index contributed by atoms with van der Waals surface area (Å²) >= 11 is 1.54. The van der Waals surface area contributed by atoms with Crippen molar-refractivity contribution in [2.75, 3.05) is 6.26 Å². The van der Waals surface area contributed by atoms with Gasteiger partial charge < -0.3 is 0 Å². The molecule has 0 spiro atoms. The normalized spacial score (nSPS) is 12.7. The number of fused-ring (bicyclic) bond motifs is 1. The Hall–Kier alpha value is -1.73. The molecule has 0 radical (unpaired) electrons. The fraction of sp³-hybridized carbons (Fsp3) is 0.0909. The van der Waals surface area contributed by atoms with E-state index in [1.807, 2.05) is 24.3 Å². The summed E-state index contributed by atoms with van der Waals surface area (Å²) in [6.07, 6.45) is 3.08. The molecule has 3 rings (SSSR count). The molecule has 1 aromatic carbocycles. The van der Waals surface area contributed by atoms with Crippen LogP contribution in [0.2, 0.25) is 0 Å². The largest absolute Gasteiger partial charge is 0.251 e. The molecule has 0 aliphatic rings. The summed E-state index contributed by atoms with van der Waals surface area (Å²) in [5.41, 5.74) is 1.54. The predicted octanol–water partition coefficient (Wildman–Crippen LogP) is 1.89. The van der Waals surface area contributed by atoms with Crippen molar-refractivity contribution in [1.82, 2.24) is 20.2 Å². The van der Waals surface area contributed by atoms with Crippen molar-refractivity contribution in [1.29, 1.82) is 0 Å². The Kier molecular flexibility index (Phi) is 2.85. The second-order valence-electron chi connectivity index (χ2n) is 3.57. The van der Waals surface area contributed by atoms with Crippen LogP contribution in [0.25, 0.3) is 20.9 Å². The van der Waals surface area contributed by atoms with Gasteiger partial charge in [0.2, 0.25) is 5.16 Å². The van der Waals surface area contributed by atoms with Crippen LogP contribution in [0.15, 0.2) is 35.6 Å². The zero-order chi connectivity index (χ0) is 12.5. The van der Waals surface area contributed by atoms with Crippen LogP contribution in [-0.2, 0) is 10.8 Å². The predicted molar refractivity (Wildman–Crippen MR) is 70.8 cm³/mol. The zero-order valence-corrected chi connectivity index (χ0v) is 11.0. The number of para-hydroxylation sites is 1. The lowest BCUT2D eigenvalue weighted by Crippen LogP contribution is -1.99. The SMILES string of the molecule is CS(=O)c1ncc(-c2nc3ccccc3s2)nn1. The topological polar surface area (TPSA) is 68.6 Å². The van der Waals surface area contributed by atoms with Gasteiger partial charge in [0.25, 0.3) is 0 Å². The maximum atomic E-state index is 11.2. The Morgan fingerprint density at radius 1 is 1.22 bits per heavy atom. The highest BCUT2D eigenvalue weighted by atomic mass is 32.2. The third-order valence-corrected chi connectivity index (χ3v) is 4.07. The first-order valence-corrected chi connectivity index (χ1v) is 7.50.